The lowest BCUT2D eigenvalue weighted by Gasteiger charge is -2.14. The van der Waals surface area contributed by atoms with Crippen molar-refractivity contribution in [2.24, 2.45) is 0 Å². The van der Waals surface area contributed by atoms with Crippen molar-refractivity contribution in [3.8, 4) is 5.75 Å². The molecule has 0 aliphatic rings. The number of nitrogens with zero attached hydrogens (tertiary/aromatic N) is 2. The number of aromatic nitrogens is 3. The SMILES string of the molecule is COc1ccc(CCC(C)Nc2n[nH]c3nc(C)cc(C)c23)cc1. The topological polar surface area (TPSA) is 62.8 Å². The van der Waals surface area contributed by atoms with Gasteiger partial charge in [0.15, 0.2) is 11.5 Å². The summed E-state index contributed by atoms with van der Waals surface area (Å²) in [5, 5.41) is 12.0. The number of fused-ring (bicyclic) bond motifs is 1. The summed E-state index contributed by atoms with van der Waals surface area (Å²) in [5.41, 5.74) is 4.35. The smallest absolute Gasteiger partial charge is 0.157 e. The number of benzene rings is 1. The number of H-pyrrole nitrogens is 1. The van der Waals surface area contributed by atoms with Gasteiger partial charge in [-0.15, -0.1) is 0 Å². The predicted octanol–water partition coefficient (Wildman–Crippen LogP) is 4.02. The van der Waals surface area contributed by atoms with E-state index in [1.807, 2.05) is 19.1 Å². The third-order valence-corrected chi connectivity index (χ3v) is 4.26. The number of hydrogen-bond donors (Lipinski definition) is 2. The van der Waals surface area contributed by atoms with Crippen LogP contribution in [0.3, 0.4) is 0 Å². The average molecular weight is 324 g/mol. The van der Waals surface area contributed by atoms with Crippen molar-refractivity contribution in [3.63, 3.8) is 0 Å². The molecule has 2 aromatic heterocycles. The number of nitrogens with one attached hydrogen (secondary N) is 2. The van der Waals surface area contributed by atoms with Crippen LogP contribution in [0.2, 0.25) is 0 Å². The van der Waals surface area contributed by atoms with Gasteiger partial charge in [-0.1, -0.05) is 12.1 Å². The van der Waals surface area contributed by atoms with Gasteiger partial charge >= 0.3 is 0 Å². The summed E-state index contributed by atoms with van der Waals surface area (Å²) >= 11 is 0. The third kappa shape index (κ3) is 3.50. The van der Waals surface area contributed by atoms with Crippen molar-refractivity contribution in [2.75, 3.05) is 12.4 Å². The molecule has 2 N–H and O–H groups in total. The molecule has 3 aromatic rings. The van der Waals surface area contributed by atoms with E-state index in [-0.39, 0.29) is 0 Å². The highest BCUT2D eigenvalue weighted by Crippen LogP contribution is 2.24. The molecule has 5 heteroatoms. The zero-order chi connectivity index (χ0) is 17.1. The molecule has 1 atom stereocenters. The van der Waals surface area contributed by atoms with E-state index in [2.05, 4.69) is 52.5 Å². The van der Waals surface area contributed by atoms with Crippen LogP contribution < -0.4 is 10.1 Å². The average Bonchev–Trinajstić information content (AvgIpc) is 2.96. The van der Waals surface area contributed by atoms with E-state index in [1.165, 1.54) is 11.1 Å². The standard InChI is InChI=1S/C19H24N4O/c1-12-11-14(3)21-19-17(12)18(22-23-19)20-13(2)5-6-15-7-9-16(24-4)10-8-15/h7-11,13H,5-6H2,1-4H3,(H2,20,21,22,23). The summed E-state index contributed by atoms with van der Waals surface area (Å²) in [5.74, 6) is 1.78. The number of ether oxygens (including phenoxy) is 1. The van der Waals surface area contributed by atoms with E-state index in [0.717, 1.165) is 41.1 Å². The molecule has 0 spiro atoms. The van der Waals surface area contributed by atoms with E-state index in [9.17, 15) is 0 Å². The minimum absolute atomic E-state index is 0.319. The largest absolute Gasteiger partial charge is 0.497 e. The lowest BCUT2D eigenvalue weighted by Crippen LogP contribution is -2.16. The third-order valence-electron chi connectivity index (χ3n) is 4.26. The summed E-state index contributed by atoms with van der Waals surface area (Å²) in [7, 11) is 1.69. The normalized spacial score (nSPS) is 12.3. The van der Waals surface area contributed by atoms with E-state index in [0.29, 0.717) is 6.04 Å². The molecule has 0 radical (unpaired) electrons. The first-order chi connectivity index (χ1) is 11.6. The summed E-state index contributed by atoms with van der Waals surface area (Å²) in [6, 6.07) is 10.7. The molecule has 0 aliphatic heterocycles. The van der Waals surface area contributed by atoms with Gasteiger partial charge in [0.25, 0.3) is 0 Å². The van der Waals surface area contributed by atoms with Crippen LogP contribution in [0.5, 0.6) is 5.75 Å². The number of anilines is 1. The molecule has 0 bridgehead atoms. The van der Waals surface area contributed by atoms with Crippen LogP contribution in [0.1, 0.15) is 30.2 Å². The number of pyridine rings is 1. The first-order valence-electron chi connectivity index (χ1n) is 8.28. The number of aromatic amines is 1. The summed E-state index contributed by atoms with van der Waals surface area (Å²) < 4.78 is 5.20. The highest BCUT2D eigenvalue weighted by molar-refractivity contribution is 5.90. The molecular formula is C19H24N4O. The van der Waals surface area contributed by atoms with Crippen molar-refractivity contribution in [1.82, 2.24) is 15.2 Å². The Morgan fingerprint density at radius 2 is 1.96 bits per heavy atom. The van der Waals surface area contributed by atoms with Crippen LogP contribution in [0, 0.1) is 13.8 Å². The molecule has 1 unspecified atom stereocenters. The monoisotopic (exact) mass is 324 g/mol. The van der Waals surface area contributed by atoms with Gasteiger partial charge in [0, 0.05) is 11.7 Å². The van der Waals surface area contributed by atoms with Gasteiger partial charge in [0.2, 0.25) is 0 Å². The Morgan fingerprint density at radius 1 is 1.21 bits per heavy atom. The second kappa shape index (κ2) is 6.91. The van der Waals surface area contributed by atoms with E-state index in [4.69, 9.17) is 4.74 Å². The van der Waals surface area contributed by atoms with Gasteiger partial charge < -0.3 is 10.1 Å². The fraction of sp³-hybridized carbons (Fsp3) is 0.368. The van der Waals surface area contributed by atoms with Crippen LogP contribution in [-0.4, -0.2) is 28.3 Å². The summed E-state index contributed by atoms with van der Waals surface area (Å²) in [6.45, 7) is 6.28. The Hall–Kier alpha value is -2.56. The van der Waals surface area contributed by atoms with Gasteiger partial charge in [0.05, 0.1) is 12.5 Å². The maximum atomic E-state index is 5.20. The minimum atomic E-state index is 0.319. The second-order valence-corrected chi connectivity index (χ2v) is 6.31. The van der Waals surface area contributed by atoms with Crippen LogP contribution >= 0.6 is 0 Å². The predicted molar refractivity (Wildman–Crippen MR) is 97.8 cm³/mol. The Labute approximate surface area is 142 Å². The zero-order valence-electron chi connectivity index (χ0n) is 14.7. The molecule has 1 aromatic carbocycles. The van der Waals surface area contributed by atoms with E-state index >= 15 is 0 Å². The van der Waals surface area contributed by atoms with Crippen LogP contribution in [0.25, 0.3) is 11.0 Å². The molecule has 5 nitrogen and oxygen atoms in total. The highest BCUT2D eigenvalue weighted by Gasteiger charge is 2.12. The second-order valence-electron chi connectivity index (χ2n) is 6.31. The number of aryl methyl sites for hydroxylation is 3. The lowest BCUT2D eigenvalue weighted by atomic mass is 10.1. The maximum absolute atomic E-state index is 5.20. The van der Waals surface area contributed by atoms with Crippen molar-refractivity contribution in [2.45, 2.75) is 39.7 Å². The maximum Gasteiger partial charge on any atom is 0.157 e. The molecule has 2 heterocycles. The number of methoxy groups -OCH3 is 1. The van der Waals surface area contributed by atoms with Gasteiger partial charge in [-0.3, -0.25) is 5.10 Å². The Balaban J connectivity index is 1.65. The van der Waals surface area contributed by atoms with Gasteiger partial charge in [0.1, 0.15) is 5.75 Å². The van der Waals surface area contributed by atoms with Crippen LogP contribution in [0.4, 0.5) is 5.82 Å². The molecule has 24 heavy (non-hydrogen) atoms. The molecule has 0 saturated heterocycles. The van der Waals surface area contributed by atoms with Crippen molar-refractivity contribution >= 4 is 16.9 Å². The van der Waals surface area contributed by atoms with Crippen LogP contribution in [-0.2, 0) is 6.42 Å². The number of rotatable bonds is 6. The molecule has 0 fully saturated rings. The Morgan fingerprint density at radius 3 is 2.67 bits per heavy atom. The molecule has 0 saturated carbocycles. The van der Waals surface area contributed by atoms with Crippen molar-refractivity contribution < 1.29 is 4.74 Å². The first kappa shape index (κ1) is 16.3. The van der Waals surface area contributed by atoms with Gasteiger partial charge in [-0.25, -0.2) is 4.98 Å². The molecule has 0 aliphatic carbocycles. The fourth-order valence-electron chi connectivity index (χ4n) is 2.97. The van der Waals surface area contributed by atoms with Gasteiger partial charge in [-0.05, 0) is 62.9 Å². The summed E-state index contributed by atoms with van der Waals surface area (Å²) in [6.07, 6.45) is 2.04. The van der Waals surface area contributed by atoms with E-state index < -0.39 is 0 Å². The Bertz CT molecular complexity index is 823. The molecule has 126 valence electrons. The highest BCUT2D eigenvalue weighted by atomic mass is 16.5. The quantitative estimate of drug-likeness (QED) is 0.719. The Kier molecular flexibility index (Phi) is 4.69. The zero-order valence-corrected chi connectivity index (χ0v) is 14.7. The number of hydrogen-bond acceptors (Lipinski definition) is 4. The van der Waals surface area contributed by atoms with Crippen molar-refractivity contribution in [3.05, 3.63) is 47.2 Å². The van der Waals surface area contributed by atoms with Crippen molar-refractivity contribution in [1.29, 1.82) is 0 Å². The first-order valence-corrected chi connectivity index (χ1v) is 8.28. The summed E-state index contributed by atoms with van der Waals surface area (Å²) in [4.78, 5) is 4.50. The lowest BCUT2D eigenvalue weighted by molar-refractivity contribution is 0.414. The molecule has 0 amide bonds. The van der Waals surface area contributed by atoms with Crippen LogP contribution in [0.15, 0.2) is 30.3 Å². The fourth-order valence-corrected chi connectivity index (χ4v) is 2.97. The van der Waals surface area contributed by atoms with Gasteiger partial charge in [-0.2, -0.15) is 5.10 Å². The molecular weight excluding hydrogens is 300 g/mol. The minimum Gasteiger partial charge on any atom is -0.497 e. The van der Waals surface area contributed by atoms with E-state index in [1.54, 1.807) is 7.11 Å². The molecule has 3 rings (SSSR count).